The minimum absolute atomic E-state index is 0.135. The van der Waals surface area contributed by atoms with Crippen LogP contribution in [0.2, 0.25) is 0 Å². The molecule has 0 aliphatic heterocycles. The molecule has 0 saturated heterocycles. The lowest BCUT2D eigenvalue weighted by Gasteiger charge is -2.09. The molecular weight excluding hydrogens is 465 g/mol. The summed E-state index contributed by atoms with van der Waals surface area (Å²) < 4.78 is 43.4. The van der Waals surface area contributed by atoms with E-state index in [0.717, 1.165) is 15.7 Å². The quantitative estimate of drug-likeness (QED) is 0.543. The number of rotatable bonds is 7. The standard InChI is InChI=1S/C20H18BrF3N4O2/c1-13-18(26-27-28(13)17-4-2-3-16(21)9-17)19(29)25-10-14-5-7-15(8-6-14)11-30-12-20(22,23)24/h2-9H,10-12H2,1H3,(H,25,29). The maximum atomic E-state index is 12.5. The predicted molar refractivity (Wildman–Crippen MR) is 107 cm³/mol. The SMILES string of the molecule is Cc1c(C(=O)NCc2ccc(COCC(F)(F)F)cc2)nnn1-c1cccc(Br)c1. The molecule has 2 aromatic carbocycles. The van der Waals surface area contributed by atoms with Gasteiger partial charge < -0.3 is 10.1 Å². The monoisotopic (exact) mass is 482 g/mol. The third-order valence-electron chi connectivity index (χ3n) is 4.17. The summed E-state index contributed by atoms with van der Waals surface area (Å²) in [5.74, 6) is -0.369. The number of carbonyl (C=O) groups is 1. The third-order valence-corrected chi connectivity index (χ3v) is 4.67. The highest BCUT2D eigenvalue weighted by molar-refractivity contribution is 9.10. The number of carbonyl (C=O) groups excluding carboxylic acids is 1. The molecule has 3 aromatic rings. The van der Waals surface area contributed by atoms with Crippen LogP contribution in [0.4, 0.5) is 13.2 Å². The van der Waals surface area contributed by atoms with Crippen LogP contribution in [-0.2, 0) is 17.9 Å². The van der Waals surface area contributed by atoms with Gasteiger partial charge in [0.15, 0.2) is 5.69 Å². The number of nitrogens with zero attached hydrogens (tertiary/aromatic N) is 3. The summed E-state index contributed by atoms with van der Waals surface area (Å²) in [4.78, 5) is 12.5. The lowest BCUT2D eigenvalue weighted by molar-refractivity contribution is -0.176. The van der Waals surface area contributed by atoms with Crippen LogP contribution < -0.4 is 5.32 Å². The third kappa shape index (κ3) is 5.90. The fourth-order valence-corrected chi connectivity index (χ4v) is 3.08. The first kappa shape index (κ1) is 22.0. The van der Waals surface area contributed by atoms with Gasteiger partial charge in [-0.15, -0.1) is 5.10 Å². The second kappa shape index (κ2) is 9.40. The van der Waals surface area contributed by atoms with Crippen LogP contribution in [0.15, 0.2) is 53.0 Å². The molecule has 0 bridgehead atoms. The smallest absolute Gasteiger partial charge is 0.367 e. The van der Waals surface area contributed by atoms with Gasteiger partial charge in [-0.3, -0.25) is 4.79 Å². The molecule has 3 rings (SSSR count). The molecule has 0 fully saturated rings. The number of hydrogen-bond donors (Lipinski definition) is 1. The van der Waals surface area contributed by atoms with Crippen molar-refractivity contribution in [2.24, 2.45) is 0 Å². The number of hydrogen-bond acceptors (Lipinski definition) is 4. The van der Waals surface area contributed by atoms with Gasteiger partial charge in [0.1, 0.15) is 6.61 Å². The zero-order valence-corrected chi connectivity index (χ0v) is 17.5. The average Bonchev–Trinajstić information content (AvgIpc) is 3.07. The first-order valence-corrected chi connectivity index (χ1v) is 9.71. The highest BCUT2D eigenvalue weighted by Crippen LogP contribution is 2.18. The highest BCUT2D eigenvalue weighted by atomic mass is 79.9. The van der Waals surface area contributed by atoms with E-state index < -0.39 is 12.8 Å². The largest absolute Gasteiger partial charge is 0.411 e. The summed E-state index contributed by atoms with van der Waals surface area (Å²) in [5, 5.41) is 10.8. The van der Waals surface area contributed by atoms with Gasteiger partial charge in [-0.05, 0) is 36.2 Å². The number of benzene rings is 2. The summed E-state index contributed by atoms with van der Waals surface area (Å²) >= 11 is 3.40. The summed E-state index contributed by atoms with van der Waals surface area (Å²) in [5.41, 5.74) is 2.99. The Morgan fingerprint density at radius 1 is 1.17 bits per heavy atom. The van der Waals surface area contributed by atoms with Gasteiger partial charge in [0.25, 0.3) is 5.91 Å². The van der Waals surface area contributed by atoms with Gasteiger partial charge in [-0.25, -0.2) is 4.68 Å². The number of nitrogens with one attached hydrogen (secondary N) is 1. The number of alkyl halides is 3. The molecular formula is C20H18BrF3N4O2. The van der Waals surface area contributed by atoms with Crippen LogP contribution in [0.25, 0.3) is 5.69 Å². The molecule has 158 valence electrons. The molecule has 0 unspecified atom stereocenters. The van der Waals surface area contributed by atoms with Gasteiger partial charge in [0, 0.05) is 11.0 Å². The molecule has 0 aliphatic rings. The minimum atomic E-state index is -4.35. The highest BCUT2D eigenvalue weighted by Gasteiger charge is 2.27. The van der Waals surface area contributed by atoms with Gasteiger partial charge >= 0.3 is 6.18 Å². The Labute approximate surface area is 179 Å². The van der Waals surface area contributed by atoms with Crippen molar-refractivity contribution >= 4 is 21.8 Å². The summed E-state index contributed by atoms with van der Waals surface area (Å²) in [6.07, 6.45) is -4.35. The van der Waals surface area contributed by atoms with Crippen molar-refractivity contribution in [3.8, 4) is 5.69 Å². The minimum Gasteiger partial charge on any atom is -0.367 e. The van der Waals surface area contributed by atoms with Crippen LogP contribution in [-0.4, -0.2) is 33.7 Å². The zero-order valence-electron chi connectivity index (χ0n) is 15.9. The first-order chi connectivity index (χ1) is 14.2. The molecule has 10 heteroatoms. The summed E-state index contributed by atoms with van der Waals surface area (Å²) in [6, 6.07) is 14.2. The normalized spacial score (nSPS) is 11.5. The Morgan fingerprint density at radius 2 is 1.87 bits per heavy atom. The first-order valence-electron chi connectivity index (χ1n) is 8.92. The number of ether oxygens (including phenoxy) is 1. The number of aromatic nitrogens is 3. The Kier molecular flexibility index (Phi) is 6.88. The Hall–Kier alpha value is -2.72. The molecule has 0 aliphatic carbocycles. The fourth-order valence-electron chi connectivity index (χ4n) is 2.70. The van der Waals surface area contributed by atoms with Gasteiger partial charge in [-0.2, -0.15) is 13.2 Å². The van der Waals surface area contributed by atoms with Crippen LogP contribution in [0.5, 0.6) is 0 Å². The van der Waals surface area contributed by atoms with E-state index in [-0.39, 0.29) is 24.8 Å². The van der Waals surface area contributed by atoms with E-state index in [9.17, 15) is 18.0 Å². The average molecular weight is 483 g/mol. The number of amides is 1. The van der Waals surface area contributed by atoms with E-state index in [1.807, 2.05) is 24.3 Å². The van der Waals surface area contributed by atoms with Crippen molar-refractivity contribution in [3.63, 3.8) is 0 Å². The second-order valence-electron chi connectivity index (χ2n) is 6.52. The molecule has 1 heterocycles. The fraction of sp³-hybridized carbons (Fsp3) is 0.250. The molecule has 0 radical (unpaired) electrons. The molecule has 0 atom stereocenters. The van der Waals surface area contributed by atoms with Crippen molar-refractivity contribution in [1.82, 2.24) is 20.3 Å². The van der Waals surface area contributed by atoms with Gasteiger partial charge in [-0.1, -0.05) is 51.5 Å². The second-order valence-corrected chi connectivity index (χ2v) is 7.44. The van der Waals surface area contributed by atoms with Crippen molar-refractivity contribution < 1.29 is 22.7 Å². The predicted octanol–water partition coefficient (Wildman–Crippen LogP) is 4.35. The maximum Gasteiger partial charge on any atom is 0.411 e. The van der Waals surface area contributed by atoms with Crippen molar-refractivity contribution in [2.45, 2.75) is 26.3 Å². The molecule has 0 spiro atoms. The van der Waals surface area contributed by atoms with Crippen LogP contribution in [0, 0.1) is 6.92 Å². The van der Waals surface area contributed by atoms with E-state index in [1.54, 1.807) is 35.9 Å². The number of halogens is 4. The van der Waals surface area contributed by atoms with Gasteiger partial charge in [0.2, 0.25) is 0 Å². The van der Waals surface area contributed by atoms with Gasteiger partial charge in [0.05, 0.1) is 18.0 Å². The zero-order chi connectivity index (χ0) is 21.7. The van der Waals surface area contributed by atoms with Crippen LogP contribution in [0.1, 0.15) is 27.3 Å². The van der Waals surface area contributed by atoms with Crippen LogP contribution >= 0.6 is 15.9 Å². The van der Waals surface area contributed by atoms with E-state index in [2.05, 4.69) is 36.3 Å². The maximum absolute atomic E-state index is 12.5. The lowest BCUT2D eigenvalue weighted by atomic mass is 10.1. The molecule has 0 saturated carbocycles. The molecule has 1 amide bonds. The Bertz CT molecular complexity index is 1020. The summed E-state index contributed by atoms with van der Waals surface area (Å²) in [6.45, 7) is 0.575. The molecule has 1 aromatic heterocycles. The van der Waals surface area contributed by atoms with Crippen molar-refractivity contribution in [2.75, 3.05) is 6.61 Å². The van der Waals surface area contributed by atoms with E-state index in [1.165, 1.54) is 0 Å². The van der Waals surface area contributed by atoms with E-state index in [0.29, 0.717) is 11.3 Å². The van der Waals surface area contributed by atoms with E-state index >= 15 is 0 Å². The van der Waals surface area contributed by atoms with Crippen molar-refractivity contribution in [1.29, 1.82) is 0 Å². The van der Waals surface area contributed by atoms with Crippen LogP contribution in [0.3, 0.4) is 0 Å². The van der Waals surface area contributed by atoms with Crippen molar-refractivity contribution in [3.05, 3.63) is 75.5 Å². The Balaban J connectivity index is 1.57. The van der Waals surface area contributed by atoms with E-state index in [4.69, 9.17) is 0 Å². The Morgan fingerprint density at radius 3 is 2.53 bits per heavy atom. The molecule has 6 nitrogen and oxygen atoms in total. The molecule has 30 heavy (non-hydrogen) atoms. The molecule has 1 N–H and O–H groups in total. The summed E-state index contributed by atoms with van der Waals surface area (Å²) in [7, 11) is 0. The topological polar surface area (TPSA) is 69.0 Å². The lowest BCUT2D eigenvalue weighted by Crippen LogP contribution is -2.24.